The highest BCUT2D eigenvalue weighted by molar-refractivity contribution is 5.43. The van der Waals surface area contributed by atoms with Crippen molar-refractivity contribution >= 4 is 5.82 Å². The maximum absolute atomic E-state index is 5.46. The number of aryl methyl sites for hydroxylation is 2. The van der Waals surface area contributed by atoms with Crippen molar-refractivity contribution in [2.45, 2.75) is 26.8 Å². The van der Waals surface area contributed by atoms with E-state index >= 15 is 0 Å². The topological polar surface area (TPSA) is 51.0 Å². The third kappa shape index (κ3) is 2.21. The van der Waals surface area contributed by atoms with Crippen LogP contribution in [0.25, 0.3) is 0 Å². The van der Waals surface area contributed by atoms with Crippen LogP contribution in [-0.2, 0) is 0 Å². The second-order valence-electron chi connectivity index (χ2n) is 3.84. The van der Waals surface area contributed by atoms with Crippen LogP contribution in [0.4, 0.5) is 5.82 Å². The van der Waals surface area contributed by atoms with E-state index in [1.54, 1.807) is 12.4 Å². The van der Waals surface area contributed by atoms with Crippen molar-refractivity contribution < 1.29 is 4.42 Å². The highest BCUT2D eigenvalue weighted by Crippen LogP contribution is 2.19. The number of anilines is 1. The maximum atomic E-state index is 5.46. The fourth-order valence-corrected chi connectivity index (χ4v) is 1.48. The highest BCUT2D eigenvalue weighted by Gasteiger charge is 2.12. The predicted molar refractivity (Wildman–Crippen MR) is 62.3 cm³/mol. The zero-order valence-corrected chi connectivity index (χ0v) is 9.69. The van der Waals surface area contributed by atoms with Crippen LogP contribution in [0.15, 0.2) is 28.9 Å². The van der Waals surface area contributed by atoms with Crippen molar-refractivity contribution in [3.8, 4) is 0 Å². The molecule has 4 nitrogen and oxygen atoms in total. The number of rotatable bonds is 3. The van der Waals surface area contributed by atoms with E-state index in [1.165, 1.54) is 0 Å². The molecule has 2 aromatic rings. The van der Waals surface area contributed by atoms with Crippen molar-refractivity contribution in [2.24, 2.45) is 0 Å². The van der Waals surface area contributed by atoms with Crippen LogP contribution in [0.5, 0.6) is 0 Å². The van der Waals surface area contributed by atoms with E-state index in [0.717, 1.165) is 17.1 Å². The molecular formula is C12H15N3O. The summed E-state index contributed by atoms with van der Waals surface area (Å²) < 4.78 is 5.46. The molecule has 0 saturated heterocycles. The standard InChI is InChI=1S/C12H15N3O/c1-8-5-4-6-13-11(8)15-10(3)12-14-7-9(2)16-12/h4-7,10H,1-3H3,(H,13,15). The first-order chi connectivity index (χ1) is 7.66. The Morgan fingerprint density at radius 1 is 1.31 bits per heavy atom. The fraction of sp³-hybridized carbons (Fsp3) is 0.333. The fourth-order valence-electron chi connectivity index (χ4n) is 1.48. The van der Waals surface area contributed by atoms with Gasteiger partial charge in [-0.05, 0) is 32.4 Å². The number of pyridine rings is 1. The number of nitrogens with one attached hydrogen (secondary N) is 1. The lowest BCUT2D eigenvalue weighted by atomic mass is 10.2. The van der Waals surface area contributed by atoms with E-state index in [1.807, 2.05) is 32.9 Å². The molecule has 1 N–H and O–H groups in total. The molecule has 1 atom stereocenters. The van der Waals surface area contributed by atoms with Crippen molar-refractivity contribution in [3.05, 3.63) is 41.7 Å². The normalized spacial score (nSPS) is 12.4. The van der Waals surface area contributed by atoms with Gasteiger partial charge in [-0.2, -0.15) is 0 Å². The summed E-state index contributed by atoms with van der Waals surface area (Å²) in [5.74, 6) is 2.37. The van der Waals surface area contributed by atoms with Gasteiger partial charge in [0.25, 0.3) is 0 Å². The van der Waals surface area contributed by atoms with Crippen LogP contribution >= 0.6 is 0 Å². The summed E-state index contributed by atoms with van der Waals surface area (Å²) in [6.07, 6.45) is 3.49. The molecule has 0 saturated carbocycles. The van der Waals surface area contributed by atoms with Gasteiger partial charge >= 0.3 is 0 Å². The van der Waals surface area contributed by atoms with E-state index in [-0.39, 0.29) is 6.04 Å². The molecule has 0 aliphatic rings. The van der Waals surface area contributed by atoms with Gasteiger partial charge in [0.1, 0.15) is 17.6 Å². The predicted octanol–water partition coefficient (Wildman–Crippen LogP) is 2.86. The van der Waals surface area contributed by atoms with Gasteiger partial charge in [0.05, 0.1) is 6.20 Å². The molecule has 2 heterocycles. The molecule has 0 aliphatic carbocycles. The lowest BCUT2D eigenvalue weighted by Crippen LogP contribution is -2.09. The van der Waals surface area contributed by atoms with Gasteiger partial charge in [-0.1, -0.05) is 6.07 Å². The van der Waals surface area contributed by atoms with Crippen molar-refractivity contribution in [2.75, 3.05) is 5.32 Å². The molecule has 0 aliphatic heterocycles. The Kier molecular flexibility index (Phi) is 2.90. The maximum Gasteiger partial charge on any atom is 0.216 e. The zero-order chi connectivity index (χ0) is 11.5. The molecule has 2 rings (SSSR count). The quantitative estimate of drug-likeness (QED) is 0.858. The SMILES string of the molecule is Cc1cnc(C(C)Nc2ncccc2C)o1. The van der Waals surface area contributed by atoms with Gasteiger partial charge in [-0.15, -0.1) is 0 Å². The van der Waals surface area contributed by atoms with Gasteiger partial charge in [0, 0.05) is 6.20 Å². The molecule has 16 heavy (non-hydrogen) atoms. The molecule has 0 aromatic carbocycles. The second-order valence-corrected chi connectivity index (χ2v) is 3.84. The Morgan fingerprint density at radius 3 is 2.75 bits per heavy atom. The Morgan fingerprint density at radius 2 is 2.12 bits per heavy atom. The van der Waals surface area contributed by atoms with Gasteiger partial charge in [0.2, 0.25) is 5.89 Å². The highest BCUT2D eigenvalue weighted by atomic mass is 16.4. The minimum Gasteiger partial charge on any atom is -0.444 e. The summed E-state index contributed by atoms with van der Waals surface area (Å²) >= 11 is 0. The largest absolute Gasteiger partial charge is 0.444 e. The van der Waals surface area contributed by atoms with Gasteiger partial charge < -0.3 is 9.73 Å². The molecule has 0 amide bonds. The zero-order valence-electron chi connectivity index (χ0n) is 9.69. The van der Waals surface area contributed by atoms with Crippen LogP contribution in [0, 0.1) is 13.8 Å². The Hall–Kier alpha value is -1.84. The molecule has 84 valence electrons. The van der Waals surface area contributed by atoms with E-state index in [2.05, 4.69) is 15.3 Å². The van der Waals surface area contributed by atoms with Gasteiger partial charge in [-0.3, -0.25) is 0 Å². The number of aromatic nitrogens is 2. The summed E-state index contributed by atoms with van der Waals surface area (Å²) in [6.45, 7) is 5.90. The number of oxazole rings is 1. The molecule has 1 unspecified atom stereocenters. The molecule has 2 aromatic heterocycles. The second kappa shape index (κ2) is 4.35. The first kappa shape index (κ1) is 10.7. The van der Waals surface area contributed by atoms with E-state index in [0.29, 0.717) is 5.89 Å². The van der Waals surface area contributed by atoms with Gasteiger partial charge in [0.15, 0.2) is 0 Å². The molecule has 0 fully saturated rings. The lowest BCUT2D eigenvalue weighted by Gasteiger charge is -2.12. The Bertz CT molecular complexity index is 479. The van der Waals surface area contributed by atoms with Crippen LogP contribution in [-0.4, -0.2) is 9.97 Å². The average molecular weight is 217 g/mol. The number of nitrogens with zero attached hydrogens (tertiary/aromatic N) is 2. The van der Waals surface area contributed by atoms with Crippen LogP contribution in [0.1, 0.15) is 30.2 Å². The molecule has 0 spiro atoms. The molecular weight excluding hydrogens is 202 g/mol. The smallest absolute Gasteiger partial charge is 0.216 e. The average Bonchev–Trinajstić information content (AvgIpc) is 2.68. The van der Waals surface area contributed by atoms with E-state index < -0.39 is 0 Å². The third-order valence-corrected chi connectivity index (χ3v) is 2.37. The minimum absolute atomic E-state index is 0.0160. The van der Waals surface area contributed by atoms with Crippen LogP contribution in [0.2, 0.25) is 0 Å². The molecule has 4 heteroatoms. The first-order valence-electron chi connectivity index (χ1n) is 5.27. The summed E-state index contributed by atoms with van der Waals surface area (Å²) in [5.41, 5.74) is 1.11. The summed E-state index contributed by atoms with van der Waals surface area (Å²) in [5, 5.41) is 3.27. The van der Waals surface area contributed by atoms with E-state index in [9.17, 15) is 0 Å². The summed E-state index contributed by atoms with van der Waals surface area (Å²) in [7, 11) is 0. The van der Waals surface area contributed by atoms with Crippen molar-refractivity contribution in [1.29, 1.82) is 0 Å². The minimum atomic E-state index is 0.0160. The molecule has 0 bridgehead atoms. The van der Waals surface area contributed by atoms with E-state index in [4.69, 9.17) is 4.42 Å². The number of hydrogen-bond acceptors (Lipinski definition) is 4. The Balaban J connectivity index is 2.13. The molecule has 0 radical (unpaired) electrons. The number of hydrogen-bond donors (Lipinski definition) is 1. The van der Waals surface area contributed by atoms with Gasteiger partial charge in [-0.25, -0.2) is 9.97 Å². The van der Waals surface area contributed by atoms with Crippen LogP contribution in [0.3, 0.4) is 0 Å². The van der Waals surface area contributed by atoms with Crippen LogP contribution < -0.4 is 5.32 Å². The summed E-state index contributed by atoms with van der Waals surface area (Å²) in [6, 6.07) is 3.95. The van der Waals surface area contributed by atoms with Crippen molar-refractivity contribution in [1.82, 2.24) is 9.97 Å². The third-order valence-electron chi connectivity index (χ3n) is 2.37. The first-order valence-corrected chi connectivity index (χ1v) is 5.27. The summed E-state index contributed by atoms with van der Waals surface area (Å²) in [4.78, 5) is 8.45. The Labute approximate surface area is 94.7 Å². The van der Waals surface area contributed by atoms with Crippen molar-refractivity contribution in [3.63, 3.8) is 0 Å². The lowest BCUT2D eigenvalue weighted by molar-refractivity contribution is 0.453. The monoisotopic (exact) mass is 217 g/mol.